The Balaban J connectivity index is 2.07. The van der Waals surface area contributed by atoms with Crippen molar-refractivity contribution in [3.05, 3.63) is 35.4 Å². The molecule has 1 fully saturated rings. The average Bonchev–Trinajstić information content (AvgIpc) is 2.61. The van der Waals surface area contributed by atoms with E-state index in [0.29, 0.717) is 12.8 Å². The van der Waals surface area contributed by atoms with Gasteiger partial charge in [-0.15, -0.1) is 0 Å². The highest BCUT2D eigenvalue weighted by Gasteiger charge is 2.36. The Kier molecular flexibility index (Phi) is 6.30. The number of alkyl halides is 3. The smallest absolute Gasteiger partial charge is 0.336 e. The van der Waals surface area contributed by atoms with Crippen molar-refractivity contribution >= 4 is 5.91 Å². The van der Waals surface area contributed by atoms with Gasteiger partial charge in [0.05, 0.1) is 17.7 Å². The number of benzene rings is 1. The summed E-state index contributed by atoms with van der Waals surface area (Å²) in [5.41, 5.74) is -1.43. The van der Waals surface area contributed by atoms with E-state index in [9.17, 15) is 23.2 Å². The Morgan fingerprint density at radius 1 is 1.31 bits per heavy atom. The third-order valence-electron chi connectivity index (χ3n) is 5.07. The van der Waals surface area contributed by atoms with Gasteiger partial charge in [-0.2, -0.15) is 18.4 Å². The van der Waals surface area contributed by atoms with Crippen LogP contribution in [0, 0.1) is 11.3 Å². The SMILES string of the molecule is CC(C(=O)NC1(C#N)CCCCC1)N(C)Cc1ccccc1C(F)(F)F. The van der Waals surface area contributed by atoms with Gasteiger partial charge in [-0.3, -0.25) is 9.69 Å². The lowest BCUT2D eigenvalue weighted by Crippen LogP contribution is -2.54. The van der Waals surface area contributed by atoms with E-state index < -0.39 is 23.3 Å². The van der Waals surface area contributed by atoms with E-state index in [0.717, 1.165) is 25.3 Å². The summed E-state index contributed by atoms with van der Waals surface area (Å²) < 4.78 is 39.4. The quantitative estimate of drug-likeness (QED) is 0.860. The van der Waals surface area contributed by atoms with E-state index in [4.69, 9.17) is 0 Å². The topological polar surface area (TPSA) is 56.1 Å². The highest BCUT2D eigenvalue weighted by atomic mass is 19.4. The number of carbonyl (C=O) groups is 1. The molecule has 1 N–H and O–H groups in total. The van der Waals surface area contributed by atoms with Gasteiger partial charge in [-0.1, -0.05) is 37.5 Å². The zero-order valence-corrected chi connectivity index (χ0v) is 15.1. The van der Waals surface area contributed by atoms with Crippen molar-refractivity contribution in [2.45, 2.75) is 63.3 Å². The first kappa shape index (κ1) is 20.2. The van der Waals surface area contributed by atoms with E-state index >= 15 is 0 Å². The van der Waals surface area contributed by atoms with Gasteiger partial charge in [0.1, 0.15) is 5.54 Å². The van der Waals surface area contributed by atoms with Crippen LogP contribution >= 0.6 is 0 Å². The molecule has 1 aliphatic rings. The predicted molar refractivity (Wildman–Crippen MR) is 91.9 cm³/mol. The molecule has 0 heterocycles. The van der Waals surface area contributed by atoms with E-state index in [1.165, 1.54) is 12.1 Å². The number of nitrogens with one attached hydrogen (secondary N) is 1. The fraction of sp³-hybridized carbons (Fsp3) is 0.579. The maximum atomic E-state index is 13.1. The summed E-state index contributed by atoms with van der Waals surface area (Å²) in [5.74, 6) is -0.333. The number of hydrogen-bond donors (Lipinski definition) is 1. The number of rotatable bonds is 5. The maximum Gasteiger partial charge on any atom is 0.416 e. The lowest BCUT2D eigenvalue weighted by molar-refractivity contribution is -0.138. The second-order valence-electron chi connectivity index (χ2n) is 6.99. The van der Waals surface area contributed by atoms with Gasteiger partial charge in [0.2, 0.25) is 5.91 Å². The molecular weight excluding hydrogens is 343 g/mol. The molecule has 0 spiro atoms. The first-order valence-electron chi connectivity index (χ1n) is 8.77. The first-order chi connectivity index (χ1) is 12.2. The second-order valence-corrected chi connectivity index (χ2v) is 6.99. The van der Waals surface area contributed by atoms with E-state index in [-0.39, 0.29) is 18.0 Å². The van der Waals surface area contributed by atoms with Crippen molar-refractivity contribution in [1.82, 2.24) is 10.2 Å². The molecule has 0 aliphatic heterocycles. The van der Waals surface area contributed by atoms with Gasteiger partial charge in [0.25, 0.3) is 0 Å². The molecule has 0 aromatic heterocycles. The van der Waals surface area contributed by atoms with E-state index in [2.05, 4.69) is 11.4 Å². The van der Waals surface area contributed by atoms with Crippen molar-refractivity contribution in [3.8, 4) is 6.07 Å². The van der Waals surface area contributed by atoms with Crippen LogP contribution in [0.2, 0.25) is 0 Å². The molecule has 0 bridgehead atoms. The molecule has 7 heteroatoms. The van der Waals surface area contributed by atoms with E-state index in [1.807, 2.05) is 0 Å². The molecular formula is C19H24F3N3O. The number of nitrogens with zero attached hydrogens (tertiary/aromatic N) is 2. The van der Waals surface area contributed by atoms with Crippen molar-refractivity contribution in [3.63, 3.8) is 0 Å². The molecule has 1 unspecified atom stereocenters. The molecule has 1 aromatic carbocycles. The van der Waals surface area contributed by atoms with Crippen molar-refractivity contribution in [1.29, 1.82) is 5.26 Å². The molecule has 142 valence electrons. The van der Waals surface area contributed by atoms with Crippen molar-refractivity contribution in [2.75, 3.05) is 7.05 Å². The monoisotopic (exact) mass is 367 g/mol. The van der Waals surface area contributed by atoms with Gasteiger partial charge in [0, 0.05) is 6.54 Å². The highest BCUT2D eigenvalue weighted by Crippen LogP contribution is 2.32. The van der Waals surface area contributed by atoms with Crippen LogP contribution in [0.1, 0.15) is 50.2 Å². The molecule has 0 saturated heterocycles. The Labute approximate surface area is 152 Å². The summed E-state index contributed by atoms with van der Waals surface area (Å²) in [6.07, 6.45) is -0.391. The normalized spacial score (nSPS) is 18.2. The minimum Gasteiger partial charge on any atom is -0.336 e. The number of carbonyl (C=O) groups excluding carboxylic acids is 1. The molecule has 2 rings (SSSR count). The summed E-state index contributed by atoms with van der Waals surface area (Å²) >= 11 is 0. The van der Waals surface area contributed by atoms with Gasteiger partial charge in [0.15, 0.2) is 0 Å². The predicted octanol–water partition coefficient (Wildman–Crippen LogP) is 3.87. The molecule has 1 saturated carbocycles. The van der Waals surface area contributed by atoms with E-state index in [1.54, 1.807) is 24.9 Å². The molecule has 1 aliphatic carbocycles. The second kappa shape index (κ2) is 8.09. The fourth-order valence-corrected chi connectivity index (χ4v) is 3.30. The molecule has 1 amide bonds. The number of likely N-dealkylation sites (N-methyl/N-ethyl adjacent to an activating group) is 1. The van der Waals surface area contributed by atoms with Gasteiger partial charge >= 0.3 is 6.18 Å². The zero-order chi connectivity index (χ0) is 19.4. The minimum atomic E-state index is -4.43. The first-order valence-corrected chi connectivity index (χ1v) is 8.77. The molecule has 4 nitrogen and oxygen atoms in total. The summed E-state index contributed by atoms with van der Waals surface area (Å²) in [5, 5.41) is 12.3. The van der Waals surface area contributed by atoms with Crippen LogP contribution < -0.4 is 5.32 Å². The van der Waals surface area contributed by atoms with Crippen LogP contribution in [-0.4, -0.2) is 29.4 Å². The number of halogens is 3. The summed E-state index contributed by atoms with van der Waals surface area (Å²) in [7, 11) is 1.61. The van der Waals surface area contributed by atoms with Crippen LogP contribution in [0.5, 0.6) is 0 Å². The fourth-order valence-electron chi connectivity index (χ4n) is 3.30. The average molecular weight is 367 g/mol. The standard InChI is InChI=1S/C19H24F3N3O/c1-14(17(26)24-18(13-23)10-6-3-7-11-18)25(2)12-15-8-4-5-9-16(15)19(20,21)22/h4-5,8-9,14H,3,6-7,10-12H2,1-2H3,(H,24,26). The van der Waals surface area contributed by atoms with Gasteiger partial charge in [-0.05, 0) is 38.4 Å². The Hall–Kier alpha value is -2.07. The zero-order valence-electron chi connectivity index (χ0n) is 15.1. The third kappa shape index (κ3) is 4.76. The highest BCUT2D eigenvalue weighted by molar-refractivity contribution is 5.82. The number of amides is 1. The summed E-state index contributed by atoms with van der Waals surface area (Å²) in [6.45, 7) is 1.63. The van der Waals surface area contributed by atoms with Crippen LogP contribution in [-0.2, 0) is 17.5 Å². The third-order valence-corrected chi connectivity index (χ3v) is 5.07. The van der Waals surface area contributed by atoms with Crippen LogP contribution in [0.25, 0.3) is 0 Å². The maximum absolute atomic E-state index is 13.1. The number of hydrogen-bond acceptors (Lipinski definition) is 3. The molecule has 1 aromatic rings. The van der Waals surface area contributed by atoms with Crippen LogP contribution in [0.15, 0.2) is 24.3 Å². The molecule has 26 heavy (non-hydrogen) atoms. The Bertz CT molecular complexity index is 675. The lowest BCUT2D eigenvalue weighted by Gasteiger charge is -2.34. The molecule has 0 radical (unpaired) electrons. The molecule has 1 atom stereocenters. The lowest BCUT2D eigenvalue weighted by atomic mass is 9.82. The minimum absolute atomic E-state index is 0.0101. The summed E-state index contributed by atoms with van der Waals surface area (Å²) in [4.78, 5) is 14.1. The summed E-state index contributed by atoms with van der Waals surface area (Å²) in [6, 6.07) is 6.93. The Morgan fingerprint density at radius 3 is 2.50 bits per heavy atom. The van der Waals surface area contributed by atoms with Crippen LogP contribution in [0.4, 0.5) is 13.2 Å². The number of nitriles is 1. The van der Waals surface area contributed by atoms with Crippen molar-refractivity contribution in [2.24, 2.45) is 0 Å². The van der Waals surface area contributed by atoms with Crippen LogP contribution in [0.3, 0.4) is 0 Å². The van der Waals surface area contributed by atoms with Gasteiger partial charge < -0.3 is 5.32 Å². The van der Waals surface area contributed by atoms with Crippen molar-refractivity contribution < 1.29 is 18.0 Å². The largest absolute Gasteiger partial charge is 0.416 e. The van der Waals surface area contributed by atoms with Gasteiger partial charge in [-0.25, -0.2) is 0 Å². The Morgan fingerprint density at radius 2 is 1.92 bits per heavy atom.